The van der Waals surface area contributed by atoms with E-state index in [1.165, 1.54) is 0 Å². The lowest BCUT2D eigenvalue weighted by molar-refractivity contribution is -0.145. The van der Waals surface area contributed by atoms with Crippen molar-refractivity contribution < 1.29 is 23.5 Å². The molecule has 4 N–H and O–H groups in total. The average molecular weight is 381 g/mol. The van der Waals surface area contributed by atoms with Crippen LogP contribution in [-0.2, 0) is 9.53 Å². The summed E-state index contributed by atoms with van der Waals surface area (Å²) >= 11 is 0. The molecule has 0 atom stereocenters. The number of hydrogen-bond acceptors (Lipinski definition) is 6. The van der Waals surface area contributed by atoms with Crippen molar-refractivity contribution in [1.29, 1.82) is 5.41 Å². The normalized spacial score (nSPS) is 10.5. The Labute approximate surface area is 160 Å². The largest absolute Gasteiger partial charge is 0.482 e. The zero-order valence-corrected chi connectivity index (χ0v) is 15.2. The summed E-state index contributed by atoms with van der Waals surface area (Å²) in [5, 5.41) is 10.9. The van der Waals surface area contributed by atoms with E-state index in [0.717, 1.165) is 0 Å². The van der Waals surface area contributed by atoms with Gasteiger partial charge in [-0.15, -0.1) is 0 Å². The zero-order valence-electron chi connectivity index (χ0n) is 15.2. The Morgan fingerprint density at radius 1 is 1.14 bits per heavy atom. The predicted molar refractivity (Wildman–Crippen MR) is 104 cm³/mol. The molecule has 0 saturated heterocycles. The fourth-order valence-electron chi connectivity index (χ4n) is 2.49. The molecule has 2 aromatic carbocycles. The quantitative estimate of drug-likeness (QED) is 0.328. The molecule has 144 valence electrons. The van der Waals surface area contributed by atoms with E-state index in [9.17, 15) is 9.59 Å². The first-order chi connectivity index (χ1) is 13.5. The minimum absolute atomic E-state index is 0.0561. The third-order valence-electron chi connectivity index (χ3n) is 3.83. The Hall–Kier alpha value is -3.81. The molecule has 0 aliphatic rings. The van der Waals surface area contributed by atoms with Crippen LogP contribution in [0.15, 0.2) is 52.9 Å². The number of nitrogen functional groups attached to an aromatic ring is 1. The highest BCUT2D eigenvalue weighted by Gasteiger charge is 2.13. The predicted octanol–water partition coefficient (Wildman–Crippen LogP) is 2.91. The van der Waals surface area contributed by atoms with Gasteiger partial charge in [0, 0.05) is 16.6 Å². The van der Waals surface area contributed by atoms with Gasteiger partial charge in [-0.05, 0) is 55.5 Å². The van der Waals surface area contributed by atoms with Gasteiger partial charge in [0.15, 0.2) is 12.4 Å². The summed E-state index contributed by atoms with van der Waals surface area (Å²) in [5.74, 6) is -0.303. The summed E-state index contributed by atoms with van der Waals surface area (Å²) in [4.78, 5) is 23.7. The molecule has 1 aromatic heterocycles. The molecular formula is C20H19N3O5. The van der Waals surface area contributed by atoms with Crippen molar-refractivity contribution in [2.24, 2.45) is 5.73 Å². The highest BCUT2D eigenvalue weighted by atomic mass is 16.6. The minimum Gasteiger partial charge on any atom is -0.482 e. The van der Waals surface area contributed by atoms with E-state index in [2.05, 4.69) is 5.32 Å². The third-order valence-corrected chi connectivity index (χ3v) is 3.83. The molecule has 0 saturated carbocycles. The summed E-state index contributed by atoms with van der Waals surface area (Å²) in [7, 11) is 0. The summed E-state index contributed by atoms with van der Waals surface area (Å²) in [5.41, 5.74) is 7.10. The van der Waals surface area contributed by atoms with Gasteiger partial charge in [-0.1, -0.05) is 0 Å². The maximum atomic E-state index is 12.4. The van der Waals surface area contributed by atoms with Gasteiger partial charge in [-0.2, -0.15) is 0 Å². The van der Waals surface area contributed by atoms with Gasteiger partial charge >= 0.3 is 5.97 Å². The Balaban J connectivity index is 1.65. The summed E-state index contributed by atoms with van der Waals surface area (Å²) in [6.45, 7) is 1.84. The van der Waals surface area contributed by atoms with Crippen molar-refractivity contribution in [2.75, 3.05) is 18.5 Å². The van der Waals surface area contributed by atoms with Gasteiger partial charge in [-0.25, -0.2) is 4.79 Å². The number of carbonyl (C=O) groups excluding carboxylic acids is 2. The maximum Gasteiger partial charge on any atom is 0.344 e. The fourth-order valence-corrected chi connectivity index (χ4v) is 2.49. The van der Waals surface area contributed by atoms with E-state index in [-0.39, 0.29) is 18.2 Å². The number of fused-ring (bicyclic) bond motifs is 1. The summed E-state index contributed by atoms with van der Waals surface area (Å²) in [6, 6.07) is 13.2. The van der Waals surface area contributed by atoms with Crippen molar-refractivity contribution in [3.8, 4) is 5.75 Å². The molecule has 0 aliphatic heterocycles. The lowest BCUT2D eigenvalue weighted by atomic mass is 10.1. The molecule has 0 aliphatic carbocycles. The van der Waals surface area contributed by atoms with Crippen LogP contribution in [-0.4, -0.2) is 30.9 Å². The second-order valence-corrected chi connectivity index (χ2v) is 5.85. The molecule has 28 heavy (non-hydrogen) atoms. The number of ether oxygens (including phenoxy) is 2. The van der Waals surface area contributed by atoms with Crippen LogP contribution in [0.25, 0.3) is 11.0 Å². The number of amidine groups is 1. The van der Waals surface area contributed by atoms with Crippen molar-refractivity contribution in [3.63, 3.8) is 0 Å². The van der Waals surface area contributed by atoms with Crippen LogP contribution >= 0.6 is 0 Å². The van der Waals surface area contributed by atoms with E-state index < -0.39 is 11.9 Å². The standard InChI is InChI=1S/C20H19N3O5/c1-2-26-18(24)11-27-15-6-4-14(5-7-15)23-20(25)17-10-13-9-12(19(21)22)3-8-16(13)28-17/h3-10H,2,11H2,1H3,(H3,21,22)(H,23,25). The van der Waals surface area contributed by atoms with Gasteiger partial charge in [0.2, 0.25) is 0 Å². The summed E-state index contributed by atoms with van der Waals surface area (Å²) in [6.07, 6.45) is 0. The Kier molecular flexibility index (Phi) is 5.59. The number of amides is 1. The second-order valence-electron chi connectivity index (χ2n) is 5.85. The molecule has 0 radical (unpaired) electrons. The smallest absolute Gasteiger partial charge is 0.344 e. The van der Waals surface area contributed by atoms with Gasteiger partial charge in [-0.3, -0.25) is 10.2 Å². The van der Waals surface area contributed by atoms with E-state index in [0.29, 0.717) is 34.6 Å². The van der Waals surface area contributed by atoms with Crippen LogP contribution in [0, 0.1) is 5.41 Å². The summed E-state index contributed by atoms with van der Waals surface area (Å²) < 4.78 is 15.6. The minimum atomic E-state index is -0.447. The van der Waals surface area contributed by atoms with Crippen molar-refractivity contribution in [1.82, 2.24) is 0 Å². The van der Waals surface area contributed by atoms with Crippen LogP contribution < -0.4 is 15.8 Å². The molecule has 0 fully saturated rings. The molecular weight excluding hydrogens is 362 g/mol. The van der Waals surface area contributed by atoms with Gasteiger partial charge in [0.05, 0.1) is 6.61 Å². The zero-order chi connectivity index (χ0) is 20.1. The third kappa shape index (κ3) is 4.47. The number of anilines is 1. The van der Waals surface area contributed by atoms with E-state index >= 15 is 0 Å². The Bertz CT molecular complexity index is 1020. The van der Waals surface area contributed by atoms with E-state index in [1.807, 2.05) is 0 Å². The van der Waals surface area contributed by atoms with Crippen LogP contribution in [0.2, 0.25) is 0 Å². The number of rotatable bonds is 7. The number of nitrogens with one attached hydrogen (secondary N) is 2. The van der Waals surface area contributed by atoms with Crippen molar-refractivity contribution in [2.45, 2.75) is 6.92 Å². The van der Waals surface area contributed by atoms with Crippen LogP contribution in [0.4, 0.5) is 5.69 Å². The molecule has 3 rings (SSSR count). The molecule has 8 nitrogen and oxygen atoms in total. The first-order valence-electron chi connectivity index (χ1n) is 8.54. The van der Waals surface area contributed by atoms with Crippen molar-refractivity contribution >= 4 is 34.4 Å². The van der Waals surface area contributed by atoms with Gasteiger partial charge in [0.1, 0.15) is 17.2 Å². The fraction of sp³-hybridized carbons (Fsp3) is 0.150. The van der Waals surface area contributed by atoms with Crippen molar-refractivity contribution in [3.05, 3.63) is 59.9 Å². The molecule has 3 aromatic rings. The highest BCUT2D eigenvalue weighted by Crippen LogP contribution is 2.22. The first-order valence-corrected chi connectivity index (χ1v) is 8.54. The van der Waals surface area contributed by atoms with Gasteiger partial charge in [0.25, 0.3) is 5.91 Å². The molecule has 8 heteroatoms. The number of furan rings is 1. The Morgan fingerprint density at radius 3 is 2.57 bits per heavy atom. The highest BCUT2D eigenvalue weighted by molar-refractivity contribution is 6.05. The molecule has 1 amide bonds. The lowest BCUT2D eigenvalue weighted by Crippen LogP contribution is -2.14. The van der Waals surface area contributed by atoms with E-state index in [4.69, 9.17) is 25.0 Å². The number of benzene rings is 2. The lowest BCUT2D eigenvalue weighted by Gasteiger charge is -2.07. The number of carbonyl (C=O) groups is 2. The van der Waals surface area contributed by atoms with Crippen LogP contribution in [0.1, 0.15) is 23.0 Å². The topological polar surface area (TPSA) is 128 Å². The Morgan fingerprint density at radius 2 is 1.89 bits per heavy atom. The first kappa shape index (κ1) is 19.0. The molecule has 1 heterocycles. The van der Waals surface area contributed by atoms with E-state index in [1.54, 1.807) is 55.5 Å². The van der Waals surface area contributed by atoms with Crippen LogP contribution in [0.5, 0.6) is 5.75 Å². The number of esters is 1. The molecule has 0 unspecified atom stereocenters. The maximum absolute atomic E-state index is 12.4. The monoisotopic (exact) mass is 381 g/mol. The second kappa shape index (κ2) is 8.26. The number of hydrogen-bond donors (Lipinski definition) is 3. The van der Waals surface area contributed by atoms with Gasteiger partial charge < -0.3 is 24.9 Å². The number of nitrogens with two attached hydrogens (primary N) is 1. The molecule has 0 bridgehead atoms. The molecule has 0 spiro atoms. The SMILES string of the molecule is CCOC(=O)COc1ccc(NC(=O)c2cc3cc(C(=N)N)ccc3o2)cc1. The van der Waals surface area contributed by atoms with Crippen LogP contribution in [0.3, 0.4) is 0 Å². The average Bonchev–Trinajstić information content (AvgIpc) is 3.11.